The number of imidazole rings is 1. The van der Waals surface area contributed by atoms with Crippen molar-refractivity contribution in [3.63, 3.8) is 0 Å². The minimum absolute atomic E-state index is 0.0640. The SMILES string of the molecule is CS(=O)(=O)NC[C@H]1COCc2nc3ccccc3n21. The predicted octanol–water partition coefficient (Wildman–Crippen LogP) is 0.657. The van der Waals surface area contributed by atoms with Crippen LogP contribution in [-0.2, 0) is 21.4 Å². The van der Waals surface area contributed by atoms with E-state index >= 15 is 0 Å². The maximum absolute atomic E-state index is 11.2. The second-order valence-corrected chi connectivity index (χ2v) is 6.51. The lowest BCUT2D eigenvalue weighted by Crippen LogP contribution is -2.35. The molecule has 0 spiro atoms. The van der Waals surface area contributed by atoms with Gasteiger partial charge in [0.15, 0.2) is 0 Å². The van der Waals surface area contributed by atoms with E-state index in [-0.39, 0.29) is 6.04 Å². The first-order chi connectivity index (χ1) is 9.04. The fraction of sp³-hybridized carbons (Fsp3) is 0.417. The Labute approximate surface area is 111 Å². The average Bonchev–Trinajstić information content (AvgIpc) is 2.74. The molecular formula is C12H15N3O3S. The van der Waals surface area contributed by atoms with Gasteiger partial charge in [0.25, 0.3) is 0 Å². The van der Waals surface area contributed by atoms with E-state index in [2.05, 4.69) is 14.3 Å². The number of hydrogen-bond acceptors (Lipinski definition) is 4. The van der Waals surface area contributed by atoms with Gasteiger partial charge in [0, 0.05) is 6.54 Å². The molecule has 1 aliphatic rings. The van der Waals surface area contributed by atoms with Gasteiger partial charge in [-0.3, -0.25) is 0 Å². The first-order valence-corrected chi connectivity index (χ1v) is 7.92. The first kappa shape index (κ1) is 12.6. The molecule has 0 fully saturated rings. The summed E-state index contributed by atoms with van der Waals surface area (Å²) in [5.74, 6) is 0.841. The van der Waals surface area contributed by atoms with Crippen LogP contribution in [0.1, 0.15) is 11.9 Å². The third-order valence-electron chi connectivity index (χ3n) is 3.16. The summed E-state index contributed by atoms with van der Waals surface area (Å²) in [6, 6.07) is 7.76. The van der Waals surface area contributed by atoms with E-state index < -0.39 is 10.0 Å². The van der Waals surface area contributed by atoms with Crippen LogP contribution in [0.2, 0.25) is 0 Å². The zero-order valence-corrected chi connectivity index (χ0v) is 11.4. The Morgan fingerprint density at radius 2 is 2.26 bits per heavy atom. The number of hydrogen-bond donors (Lipinski definition) is 1. The molecule has 0 saturated carbocycles. The van der Waals surface area contributed by atoms with E-state index in [1.54, 1.807) is 0 Å². The van der Waals surface area contributed by atoms with E-state index in [0.29, 0.717) is 19.8 Å². The highest BCUT2D eigenvalue weighted by molar-refractivity contribution is 7.88. The van der Waals surface area contributed by atoms with Crippen molar-refractivity contribution < 1.29 is 13.2 Å². The molecule has 0 bridgehead atoms. The highest BCUT2D eigenvalue weighted by Gasteiger charge is 2.24. The molecule has 102 valence electrons. The molecule has 2 aromatic rings. The summed E-state index contributed by atoms with van der Waals surface area (Å²) in [5, 5.41) is 0. The van der Waals surface area contributed by atoms with E-state index in [9.17, 15) is 8.42 Å². The maximum Gasteiger partial charge on any atom is 0.208 e. The smallest absolute Gasteiger partial charge is 0.208 e. The molecule has 1 aromatic carbocycles. The molecule has 1 atom stereocenters. The Kier molecular flexibility index (Phi) is 3.04. The van der Waals surface area contributed by atoms with Crippen molar-refractivity contribution in [1.82, 2.24) is 14.3 Å². The molecule has 1 N–H and O–H groups in total. The van der Waals surface area contributed by atoms with Crippen LogP contribution < -0.4 is 4.72 Å². The fourth-order valence-corrected chi connectivity index (χ4v) is 2.86. The van der Waals surface area contributed by atoms with Gasteiger partial charge in [0.05, 0.1) is 29.9 Å². The number of nitrogens with one attached hydrogen (secondary N) is 1. The molecule has 0 unspecified atom stereocenters. The molecule has 0 aliphatic carbocycles. The molecule has 3 rings (SSSR count). The van der Waals surface area contributed by atoms with E-state index in [1.165, 1.54) is 0 Å². The zero-order chi connectivity index (χ0) is 13.5. The molecule has 2 heterocycles. The number of fused-ring (bicyclic) bond motifs is 3. The molecule has 19 heavy (non-hydrogen) atoms. The van der Waals surface area contributed by atoms with Crippen LogP contribution >= 0.6 is 0 Å². The molecule has 1 aromatic heterocycles. The van der Waals surface area contributed by atoms with Crippen molar-refractivity contribution >= 4 is 21.1 Å². The van der Waals surface area contributed by atoms with Gasteiger partial charge in [-0.15, -0.1) is 0 Å². The lowest BCUT2D eigenvalue weighted by molar-refractivity contribution is 0.0581. The van der Waals surface area contributed by atoms with Crippen LogP contribution in [0.25, 0.3) is 11.0 Å². The van der Waals surface area contributed by atoms with E-state index in [4.69, 9.17) is 4.74 Å². The monoisotopic (exact) mass is 281 g/mol. The van der Waals surface area contributed by atoms with Crippen LogP contribution in [0.3, 0.4) is 0 Å². The van der Waals surface area contributed by atoms with Gasteiger partial charge in [0.1, 0.15) is 12.4 Å². The average molecular weight is 281 g/mol. The third-order valence-corrected chi connectivity index (χ3v) is 3.85. The molecule has 0 amide bonds. The van der Waals surface area contributed by atoms with Crippen LogP contribution in [0.15, 0.2) is 24.3 Å². The molecule has 1 aliphatic heterocycles. The topological polar surface area (TPSA) is 73.2 Å². The molecule has 6 nitrogen and oxygen atoms in total. The molecule has 0 saturated heterocycles. The second kappa shape index (κ2) is 4.59. The van der Waals surface area contributed by atoms with Gasteiger partial charge >= 0.3 is 0 Å². The lowest BCUT2D eigenvalue weighted by atomic mass is 10.2. The highest BCUT2D eigenvalue weighted by Crippen LogP contribution is 2.25. The van der Waals surface area contributed by atoms with Gasteiger partial charge in [0.2, 0.25) is 10.0 Å². The van der Waals surface area contributed by atoms with Gasteiger partial charge < -0.3 is 9.30 Å². The zero-order valence-electron chi connectivity index (χ0n) is 10.5. The Balaban J connectivity index is 1.99. The van der Waals surface area contributed by atoms with Crippen LogP contribution in [0.4, 0.5) is 0 Å². The second-order valence-electron chi connectivity index (χ2n) is 4.68. The number of nitrogens with zero attached hydrogens (tertiary/aromatic N) is 2. The summed E-state index contributed by atoms with van der Waals surface area (Å²) in [6.45, 7) is 1.26. The first-order valence-electron chi connectivity index (χ1n) is 6.03. The maximum atomic E-state index is 11.2. The summed E-state index contributed by atoms with van der Waals surface area (Å²) in [4.78, 5) is 4.51. The largest absolute Gasteiger partial charge is 0.371 e. The fourth-order valence-electron chi connectivity index (χ4n) is 2.36. The number of para-hydroxylation sites is 2. The summed E-state index contributed by atoms with van der Waals surface area (Å²) >= 11 is 0. The van der Waals surface area contributed by atoms with Crippen molar-refractivity contribution in [1.29, 1.82) is 0 Å². The lowest BCUT2D eigenvalue weighted by Gasteiger charge is -2.26. The predicted molar refractivity (Wildman–Crippen MR) is 71.3 cm³/mol. The van der Waals surface area contributed by atoms with Crippen molar-refractivity contribution in [2.75, 3.05) is 19.4 Å². The molecule has 7 heteroatoms. The van der Waals surface area contributed by atoms with Gasteiger partial charge in [-0.25, -0.2) is 18.1 Å². The number of rotatable bonds is 3. The molecular weight excluding hydrogens is 266 g/mol. The quantitative estimate of drug-likeness (QED) is 0.897. The van der Waals surface area contributed by atoms with E-state index in [1.807, 2.05) is 24.3 Å². The van der Waals surface area contributed by atoms with Crippen molar-refractivity contribution in [3.8, 4) is 0 Å². The van der Waals surface area contributed by atoms with Gasteiger partial charge in [-0.2, -0.15) is 0 Å². The Bertz CT molecular complexity index is 708. The third kappa shape index (κ3) is 2.49. The number of benzene rings is 1. The number of aromatic nitrogens is 2. The van der Waals surface area contributed by atoms with Crippen LogP contribution in [0.5, 0.6) is 0 Å². The number of ether oxygens (including phenoxy) is 1. The normalized spacial score (nSPS) is 19.5. The minimum atomic E-state index is -3.20. The van der Waals surface area contributed by atoms with Gasteiger partial charge in [-0.1, -0.05) is 12.1 Å². The Hall–Kier alpha value is -1.44. The Morgan fingerprint density at radius 1 is 1.47 bits per heavy atom. The van der Waals surface area contributed by atoms with Crippen molar-refractivity contribution in [3.05, 3.63) is 30.1 Å². The summed E-state index contributed by atoms with van der Waals surface area (Å²) in [6.07, 6.45) is 1.16. The van der Waals surface area contributed by atoms with Gasteiger partial charge in [-0.05, 0) is 12.1 Å². The van der Waals surface area contributed by atoms with Crippen molar-refractivity contribution in [2.45, 2.75) is 12.6 Å². The molecule has 0 radical (unpaired) electrons. The standard InChI is InChI=1S/C12H15N3O3S/c1-19(16,17)13-6-9-7-18-8-12-14-10-4-2-3-5-11(10)15(9)12/h2-5,9,13H,6-8H2,1H3/t9-/m0/s1. The minimum Gasteiger partial charge on any atom is -0.371 e. The van der Waals surface area contributed by atoms with Crippen LogP contribution in [0, 0.1) is 0 Å². The van der Waals surface area contributed by atoms with E-state index in [0.717, 1.165) is 23.1 Å². The summed E-state index contributed by atoms with van der Waals surface area (Å²) in [5.41, 5.74) is 1.92. The van der Waals surface area contributed by atoms with Crippen LogP contribution in [-0.4, -0.2) is 37.4 Å². The summed E-state index contributed by atoms with van der Waals surface area (Å²) < 4.78 is 32.5. The van der Waals surface area contributed by atoms with Crippen molar-refractivity contribution in [2.24, 2.45) is 0 Å². The highest BCUT2D eigenvalue weighted by atomic mass is 32.2. The Morgan fingerprint density at radius 3 is 3.05 bits per heavy atom. The number of sulfonamides is 1. The summed E-state index contributed by atoms with van der Waals surface area (Å²) in [7, 11) is -3.20.